The maximum absolute atomic E-state index is 12.3. The fraction of sp³-hybridized carbons (Fsp3) is 0.667. The average Bonchev–Trinajstić information content (AvgIpc) is 2.79. The summed E-state index contributed by atoms with van der Waals surface area (Å²) in [5.41, 5.74) is 1.04. The predicted octanol–water partition coefficient (Wildman–Crippen LogP) is 3.50. The van der Waals surface area contributed by atoms with Gasteiger partial charge in [0.15, 0.2) is 12.6 Å². The molecule has 0 aliphatic heterocycles. The van der Waals surface area contributed by atoms with Crippen LogP contribution in [-0.2, 0) is 18.9 Å². The molecule has 32 heavy (non-hydrogen) atoms. The summed E-state index contributed by atoms with van der Waals surface area (Å²) in [6.07, 6.45) is 2.48. The van der Waals surface area contributed by atoms with E-state index in [-0.39, 0.29) is 24.4 Å². The van der Waals surface area contributed by atoms with Crippen molar-refractivity contribution in [3.05, 3.63) is 35.4 Å². The van der Waals surface area contributed by atoms with E-state index in [1.165, 1.54) is 0 Å². The van der Waals surface area contributed by atoms with Crippen LogP contribution in [0.3, 0.4) is 0 Å². The first kappa shape index (κ1) is 28.0. The fourth-order valence-electron chi connectivity index (χ4n) is 3.09. The normalized spacial score (nSPS) is 11.2. The molecule has 8 heteroatoms. The van der Waals surface area contributed by atoms with Gasteiger partial charge in [-0.25, -0.2) is 0 Å². The Labute approximate surface area is 192 Å². The van der Waals surface area contributed by atoms with Crippen molar-refractivity contribution in [2.24, 2.45) is 0 Å². The molecule has 0 heterocycles. The highest BCUT2D eigenvalue weighted by molar-refractivity contribution is 5.97. The lowest BCUT2D eigenvalue weighted by molar-refractivity contribution is -0.140. The second-order valence-corrected chi connectivity index (χ2v) is 7.05. The first-order valence-electron chi connectivity index (χ1n) is 11.7. The maximum atomic E-state index is 12.3. The summed E-state index contributed by atoms with van der Waals surface area (Å²) in [6.45, 7) is 11.2. The van der Waals surface area contributed by atoms with Crippen LogP contribution >= 0.6 is 0 Å². The van der Waals surface area contributed by atoms with E-state index in [0.29, 0.717) is 50.6 Å². The van der Waals surface area contributed by atoms with Gasteiger partial charge in [-0.3, -0.25) is 9.59 Å². The molecular weight excluding hydrogens is 412 g/mol. The van der Waals surface area contributed by atoms with Crippen LogP contribution in [0.2, 0.25) is 0 Å². The summed E-state index contributed by atoms with van der Waals surface area (Å²) in [4.78, 5) is 24.6. The van der Waals surface area contributed by atoms with Crippen LogP contribution in [0.5, 0.6) is 0 Å². The number of hydrogen-bond acceptors (Lipinski definition) is 6. The minimum Gasteiger partial charge on any atom is -0.353 e. The summed E-state index contributed by atoms with van der Waals surface area (Å²) in [7, 11) is 0. The summed E-state index contributed by atoms with van der Waals surface area (Å²) in [5.74, 6) is -0.335. The van der Waals surface area contributed by atoms with Crippen molar-refractivity contribution in [1.29, 1.82) is 0 Å². The zero-order valence-corrected chi connectivity index (χ0v) is 20.0. The number of benzene rings is 1. The van der Waals surface area contributed by atoms with Crippen molar-refractivity contribution < 1.29 is 28.5 Å². The van der Waals surface area contributed by atoms with Gasteiger partial charge in [-0.1, -0.05) is 0 Å². The van der Waals surface area contributed by atoms with Crippen LogP contribution in [-0.4, -0.2) is 63.9 Å². The van der Waals surface area contributed by atoms with Gasteiger partial charge in [-0.2, -0.15) is 0 Å². The molecule has 0 unspecified atom stereocenters. The van der Waals surface area contributed by atoms with Gasteiger partial charge in [0.1, 0.15) is 0 Å². The summed E-state index contributed by atoms with van der Waals surface area (Å²) in [6, 6.07) is 6.64. The largest absolute Gasteiger partial charge is 0.353 e. The van der Waals surface area contributed by atoms with Crippen LogP contribution in [0.1, 0.15) is 74.1 Å². The first-order valence-corrected chi connectivity index (χ1v) is 11.7. The summed E-state index contributed by atoms with van der Waals surface area (Å²) in [5, 5.41) is 5.77. The van der Waals surface area contributed by atoms with Gasteiger partial charge in [-0.15, -0.1) is 0 Å². The lowest BCUT2D eigenvalue weighted by atomic mass is 10.1. The smallest absolute Gasteiger partial charge is 0.251 e. The Hall–Kier alpha value is -2.00. The van der Waals surface area contributed by atoms with Gasteiger partial charge in [0.05, 0.1) is 0 Å². The van der Waals surface area contributed by atoms with Crippen molar-refractivity contribution in [2.45, 2.75) is 66.0 Å². The van der Waals surface area contributed by atoms with Crippen LogP contribution in [0.25, 0.3) is 0 Å². The van der Waals surface area contributed by atoms with Gasteiger partial charge in [-0.05, 0) is 64.8 Å². The van der Waals surface area contributed by atoms with Gasteiger partial charge in [0.2, 0.25) is 0 Å². The van der Waals surface area contributed by atoms with Gasteiger partial charge < -0.3 is 29.6 Å². The zero-order chi connectivity index (χ0) is 23.6. The average molecular weight is 453 g/mol. The molecule has 0 radical (unpaired) electrons. The van der Waals surface area contributed by atoms with Gasteiger partial charge in [0, 0.05) is 63.5 Å². The second kappa shape index (κ2) is 17.5. The molecule has 2 N–H and O–H groups in total. The molecule has 1 aromatic rings. The van der Waals surface area contributed by atoms with E-state index in [9.17, 15) is 9.59 Å². The Morgan fingerprint density at radius 1 is 0.656 bits per heavy atom. The van der Waals surface area contributed by atoms with Crippen molar-refractivity contribution in [2.75, 3.05) is 39.5 Å². The van der Waals surface area contributed by atoms with Crippen LogP contribution < -0.4 is 10.6 Å². The number of amides is 2. The van der Waals surface area contributed by atoms with Crippen molar-refractivity contribution in [3.63, 3.8) is 0 Å². The molecular formula is C24H40N2O6. The molecule has 1 aromatic carbocycles. The highest BCUT2D eigenvalue weighted by Gasteiger charge is 2.11. The fourth-order valence-corrected chi connectivity index (χ4v) is 3.09. The van der Waals surface area contributed by atoms with Crippen LogP contribution in [0.4, 0.5) is 0 Å². The van der Waals surface area contributed by atoms with E-state index in [1.807, 2.05) is 27.7 Å². The third-order valence-electron chi connectivity index (χ3n) is 4.62. The van der Waals surface area contributed by atoms with Crippen molar-refractivity contribution >= 4 is 11.8 Å². The van der Waals surface area contributed by atoms with Crippen molar-refractivity contribution in [1.82, 2.24) is 10.6 Å². The summed E-state index contributed by atoms with van der Waals surface area (Å²) < 4.78 is 22.0. The number of carbonyl (C=O) groups is 2. The lowest BCUT2D eigenvalue weighted by Crippen LogP contribution is -2.27. The third-order valence-corrected chi connectivity index (χ3v) is 4.62. The third kappa shape index (κ3) is 11.6. The lowest BCUT2D eigenvalue weighted by Gasteiger charge is -2.16. The topological polar surface area (TPSA) is 95.1 Å². The van der Waals surface area contributed by atoms with Crippen molar-refractivity contribution in [3.8, 4) is 0 Å². The molecule has 0 aliphatic rings. The Kier molecular flexibility index (Phi) is 15.4. The molecule has 0 saturated carbocycles. The van der Waals surface area contributed by atoms with Gasteiger partial charge >= 0.3 is 0 Å². The van der Waals surface area contributed by atoms with E-state index in [4.69, 9.17) is 18.9 Å². The number of hydrogen-bond donors (Lipinski definition) is 2. The molecule has 0 atom stereocenters. The van der Waals surface area contributed by atoms with E-state index in [2.05, 4.69) is 10.6 Å². The summed E-state index contributed by atoms with van der Waals surface area (Å²) >= 11 is 0. The number of rotatable bonds is 18. The molecule has 0 bridgehead atoms. The molecule has 0 aromatic heterocycles. The Balaban J connectivity index is 2.35. The Morgan fingerprint density at radius 3 is 1.25 bits per heavy atom. The molecule has 0 saturated heterocycles. The number of nitrogens with one attached hydrogen (secondary N) is 2. The molecule has 0 aliphatic carbocycles. The maximum Gasteiger partial charge on any atom is 0.251 e. The number of ether oxygens (including phenoxy) is 4. The highest BCUT2D eigenvalue weighted by Crippen LogP contribution is 2.07. The molecule has 8 nitrogen and oxygen atoms in total. The molecule has 0 spiro atoms. The second-order valence-electron chi connectivity index (χ2n) is 7.05. The van der Waals surface area contributed by atoms with E-state index in [1.54, 1.807) is 24.3 Å². The van der Waals surface area contributed by atoms with E-state index in [0.717, 1.165) is 25.7 Å². The first-order chi connectivity index (χ1) is 15.5. The zero-order valence-electron chi connectivity index (χ0n) is 20.0. The Morgan fingerprint density at radius 2 is 0.969 bits per heavy atom. The quantitative estimate of drug-likeness (QED) is 0.261. The standard InChI is InChI=1S/C24H40N2O6/c1-5-29-21(30-6-2)11-9-17-25-23(27)19-13-15-20(16-14-19)24(28)26-18-10-12-22(31-7-3)32-8-4/h13-16,21-22H,5-12,17-18H2,1-4H3,(H,25,27)(H,26,28). The number of carbonyl (C=O) groups excluding carboxylic acids is 2. The Bertz CT molecular complexity index is 571. The molecule has 182 valence electrons. The van der Waals surface area contributed by atoms with Crippen LogP contribution in [0, 0.1) is 0 Å². The SMILES string of the molecule is CCOC(CCCNC(=O)c1ccc(C(=O)NCCCC(OCC)OCC)cc1)OCC. The highest BCUT2D eigenvalue weighted by atomic mass is 16.7. The van der Waals surface area contributed by atoms with Crippen LogP contribution in [0.15, 0.2) is 24.3 Å². The minimum atomic E-state index is -0.232. The molecule has 1 rings (SSSR count). The van der Waals surface area contributed by atoms with E-state index < -0.39 is 0 Å². The van der Waals surface area contributed by atoms with Gasteiger partial charge in [0.25, 0.3) is 11.8 Å². The molecule has 2 amide bonds. The monoisotopic (exact) mass is 452 g/mol. The predicted molar refractivity (Wildman–Crippen MR) is 124 cm³/mol. The van der Waals surface area contributed by atoms with E-state index >= 15 is 0 Å². The minimum absolute atomic E-state index is 0.167. The molecule has 0 fully saturated rings.